The summed E-state index contributed by atoms with van der Waals surface area (Å²) in [6.07, 6.45) is 7.12. The molecule has 4 heteroatoms. The Morgan fingerprint density at radius 1 is 1.44 bits per heavy atom. The van der Waals surface area contributed by atoms with Gasteiger partial charge in [0.25, 0.3) is 0 Å². The van der Waals surface area contributed by atoms with Gasteiger partial charge in [0, 0.05) is 18.8 Å². The number of rotatable bonds is 5. The second-order valence-corrected chi connectivity index (χ2v) is 5.17. The zero-order chi connectivity index (χ0) is 12.8. The molecule has 1 aliphatic rings. The van der Waals surface area contributed by atoms with Crippen molar-refractivity contribution in [2.75, 3.05) is 18.5 Å². The first-order chi connectivity index (χ1) is 8.78. The van der Waals surface area contributed by atoms with E-state index < -0.39 is 0 Å². The molecule has 1 N–H and O–H groups in total. The number of hydrogen-bond donors (Lipinski definition) is 1. The smallest absolute Gasteiger partial charge is 0.225 e. The lowest BCUT2D eigenvalue weighted by Gasteiger charge is -2.26. The first-order valence-corrected chi connectivity index (χ1v) is 6.97. The molecule has 2 unspecified atom stereocenters. The van der Waals surface area contributed by atoms with E-state index in [-0.39, 0.29) is 0 Å². The normalized spacial score (nSPS) is 23.7. The maximum Gasteiger partial charge on any atom is 0.225 e. The average Bonchev–Trinajstić information content (AvgIpc) is 2.37. The Morgan fingerprint density at radius 2 is 2.33 bits per heavy atom. The third-order valence-corrected chi connectivity index (χ3v) is 3.52. The van der Waals surface area contributed by atoms with Gasteiger partial charge in [-0.2, -0.15) is 4.98 Å². The molecule has 0 saturated heterocycles. The lowest BCUT2D eigenvalue weighted by atomic mass is 9.82. The molecule has 1 aliphatic carbocycles. The first-order valence-electron chi connectivity index (χ1n) is 6.97. The van der Waals surface area contributed by atoms with Crippen LogP contribution in [-0.2, 0) is 0 Å². The fourth-order valence-electron chi connectivity index (χ4n) is 2.64. The van der Waals surface area contributed by atoms with Crippen molar-refractivity contribution in [2.24, 2.45) is 11.8 Å². The van der Waals surface area contributed by atoms with Crippen LogP contribution in [0.3, 0.4) is 0 Å². The highest BCUT2D eigenvalue weighted by Gasteiger charge is 2.18. The summed E-state index contributed by atoms with van der Waals surface area (Å²) in [6.45, 7) is 5.91. The topological polar surface area (TPSA) is 47.0 Å². The van der Waals surface area contributed by atoms with Crippen LogP contribution in [0.4, 0.5) is 5.95 Å². The molecule has 0 amide bonds. The lowest BCUT2D eigenvalue weighted by Crippen LogP contribution is -2.21. The van der Waals surface area contributed by atoms with Gasteiger partial charge in [0.1, 0.15) is 0 Å². The number of anilines is 1. The standard InChI is InChI=1S/C14H23N3O/c1-3-18-13-7-8-15-14(17-13)16-10-12-6-4-5-11(2)9-12/h7-8,11-12H,3-6,9-10H2,1-2H3,(H,15,16,17). The predicted molar refractivity (Wildman–Crippen MR) is 72.8 cm³/mol. The summed E-state index contributed by atoms with van der Waals surface area (Å²) < 4.78 is 5.36. The van der Waals surface area contributed by atoms with E-state index in [1.165, 1.54) is 25.7 Å². The zero-order valence-electron chi connectivity index (χ0n) is 11.4. The van der Waals surface area contributed by atoms with E-state index in [2.05, 4.69) is 22.2 Å². The quantitative estimate of drug-likeness (QED) is 0.871. The molecule has 0 aromatic carbocycles. The van der Waals surface area contributed by atoms with Crippen LogP contribution in [0.2, 0.25) is 0 Å². The van der Waals surface area contributed by atoms with Gasteiger partial charge < -0.3 is 10.1 Å². The molecule has 1 heterocycles. The minimum atomic E-state index is 0.636. The summed E-state index contributed by atoms with van der Waals surface area (Å²) >= 11 is 0. The first kappa shape index (κ1) is 13.1. The summed E-state index contributed by atoms with van der Waals surface area (Å²) in [5.41, 5.74) is 0. The Labute approximate surface area is 109 Å². The molecule has 0 bridgehead atoms. The molecule has 1 aromatic heterocycles. The van der Waals surface area contributed by atoms with Crippen molar-refractivity contribution in [1.29, 1.82) is 0 Å². The minimum Gasteiger partial charge on any atom is -0.478 e. The zero-order valence-corrected chi connectivity index (χ0v) is 11.4. The van der Waals surface area contributed by atoms with E-state index in [0.29, 0.717) is 18.4 Å². The molecule has 0 aliphatic heterocycles. The van der Waals surface area contributed by atoms with Crippen LogP contribution in [0, 0.1) is 11.8 Å². The van der Waals surface area contributed by atoms with Gasteiger partial charge in [-0.25, -0.2) is 4.98 Å². The van der Waals surface area contributed by atoms with Crippen molar-refractivity contribution in [3.63, 3.8) is 0 Å². The highest BCUT2D eigenvalue weighted by Crippen LogP contribution is 2.28. The number of hydrogen-bond acceptors (Lipinski definition) is 4. The summed E-state index contributed by atoms with van der Waals surface area (Å²) in [5.74, 6) is 2.94. The fourth-order valence-corrected chi connectivity index (χ4v) is 2.64. The van der Waals surface area contributed by atoms with Crippen LogP contribution in [0.1, 0.15) is 39.5 Å². The van der Waals surface area contributed by atoms with Crippen molar-refractivity contribution < 1.29 is 4.74 Å². The van der Waals surface area contributed by atoms with Crippen LogP contribution in [0.25, 0.3) is 0 Å². The highest BCUT2D eigenvalue weighted by atomic mass is 16.5. The van der Waals surface area contributed by atoms with E-state index >= 15 is 0 Å². The Morgan fingerprint density at radius 3 is 3.11 bits per heavy atom. The van der Waals surface area contributed by atoms with Gasteiger partial charge in [-0.3, -0.25) is 0 Å². The number of aromatic nitrogens is 2. The van der Waals surface area contributed by atoms with E-state index in [1.54, 1.807) is 12.3 Å². The number of ether oxygens (including phenoxy) is 1. The molecule has 4 nitrogen and oxygen atoms in total. The minimum absolute atomic E-state index is 0.636. The van der Waals surface area contributed by atoms with E-state index in [0.717, 1.165) is 18.4 Å². The van der Waals surface area contributed by atoms with Crippen LogP contribution in [-0.4, -0.2) is 23.1 Å². The van der Waals surface area contributed by atoms with Crippen LogP contribution < -0.4 is 10.1 Å². The summed E-state index contributed by atoms with van der Waals surface area (Å²) in [7, 11) is 0. The van der Waals surface area contributed by atoms with E-state index in [4.69, 9.17) is 4.74 Å². The van der Waals surface area contributed by atoms with Crippen LogP contribution in [0.15, 0.2) is 12.3 Å². The van der Waals surface area contributed by atoms with Crippen molar-refractivity contribution in [3.05, 3.63) is 12.3 Å². The molecule has 2 atom stereocenters. The van der Waals surface area contributed by atoms with Crippen molar-refractivity contribution >= 4 is 5.95 Å². The molecule has 1 aromatic rings. The summed E-state index contributed by atoms with van der Waals surface area (Å²) in [6, 6.07) is 1.79. The predicted octanol–water partition coefficient (Wildman–Crippen LogP) is 3.11. The van der Waals surface area contributed by atoms with Gasteiger partial charge >= 0.3 is 0 Å². The van der Waals surface area contributed by atoms with Gasteiger partial charge in [0.15, 0.2) is 0 Å². The van der Waals surface area contributed by atoms with Gasteiger partial charge in [-0.1, -0.05) is 19.8 Å². The Hall–Kier alpha value is -1.32. The Kier molecular flexibility index (Phi) is 4.79. The average molecular weight is 249 g/mol. The van der Waals surface area contributed by atoms with Crippen molar-refractivity contribution in [2.45, 2.75) is 39.5 Å². The fraction of sp³-hybridized carbons (Fsp3) is 0.714. The Balaban J connectivity index is 1.83. The molecule has 2 rings (SSSR count). The van der Waals surface area contributed by atoms with Crippen molar-refractivity contribution in [3.8, 4) is 5.88 Å². The maximum atomic E-state index is 5.36. The van der Waals surface area contributed by atoms with E-state index in [9.17, 15) is 0 Å². The molecule has 0 spiro atoms. The number of nitrogens with one attached hydrogen (secondary N) is 1. The summed E-state index contributed by atoms with van der Waals surface area (Å²) in [4.78, 5) is 8.54. The second kappa shape index (κ2) is 6.57. The van der Waals surface area contributed by atoms with Gasteiger partial charge in [-0.05, 0) is 31.6 Å². The number of nitrogens with zero attached hydrogens (tertiary/aromatic N) is 2. The second-order valence-electron chi connectivity index (χ2n) is 5.17. The van der Waals surface area contributed by atoms with E-state index in [1.807, 2.05) is 6.92 Å². The lowest BCUT2D eigenvalue weighted by molar-refractivity contribution is 0.293. The molecular weight excluding hydrogens is 226 g/mol. The molecule has 1 fully saturated rings. The van der Waals surface area contributed by atoms with Gasteiger partial charge in [0.05, 0.1) is 6.61 Å². The Bertz CT molecular complexity index is 370. The maximum absolute atomic E-state index is 5.36. The third kappa shape index (κ3) is 3.86. The monoisotopic (exact) mass is 249 g/mol. The molecule has 18 heavy (non-hydrogen) atoms. The highest BCUT2D eigenvalue weighted by molar-refractivity contribution is 5.27. The SMILES string of the molecule is CCOc1ccnc(NCC2CCCC(C)C2)n1. The van der Waals surface area contributed by atoms with Gasteiger partial charge in [-0.15, -0.1) is 0 Å². The largest absolute Gasteiger partial charge is 0.478 e. The third-order valence-electron chi connectivity index (χ3n) is 3.52. The molecule has 100 valence electrons. The van der Waals surface area contributed by atoms with Crippen LogP contribution >= 0.6 is 0 Å². The summed E-state index contributed by atoms with van der Waals surface area (Å²) in [5, 5.41) is 3.33. The molecular formula is C14H23N3O. The molecule has 0 radical (unpaired) electrons. The molecule has 1 saturated carbocycles. The van der Waals surface area contributed by atoms with Crippen LogP contribution in [0.5, 0.6) is 5.88 Å². The van der Waals surface area contributed by atoms with Gasteiger partial charge in [0.2, 0.25) is 11.8 Å². The van der Waals surface area contributed by atoms with Crippen molar-refractivity contribution in [1.82, 2.24) is 9.97 Å².